The molecule has 8 aromatic rings. The summed E-state index contributed by atoms with van der Waals surface area (Å²) in [4.78, 5) is 81.5. The predicted molar refractivity (Wildman–Crippen MR) is 466 cm³/mol. The van der Waals surface area contributed by atoms with Crippen LogP contribution in [-0.4, -0.2) is 147 Å². The van der Waals surface area contributed by atoms with Crippen LogP contribution >= 0.6 is 46.4 Å². The predicted octanol–water partition coefficient (Wildman–Crippen LogP) is 15.4. The Morgan fingerprint density at radius 1 is 0.373 bits per heavy atom. The number of aromatic hydroxyl groups is 4. The summed E-state index contributed by atoms with van der Waals surface area (Å²) < 4.78 is 136. The molecular formula is C81H103Cl4N9O26S4W2-2. The number of methoxy groups -OCH3 is 3. The third kappa shape index (κ3) is 29.3. The summed E-state index contributed by atoms with van der Waals surface area (Å²) >= 11 is 24.0. The second kappa shape index (κ2) is 50.7. The number of halogens is 4. The zero-order valence-electron chi connectivity index (χ0n) is 67.6. The maximum absolute atomic E-state index is 12.7. The molecule has 14 N–H and O–H groups in total. The van der Waals surface area contributed by atoms with Gasteiger partial charge in [-0.25, -0.2) is 52.8 Å². The van der Waals surface area contributed by atoms with Gasteiger partial charge in [0, 0.05) is 67.9 Å². The maximum Gasteiger partial charge on any atom is 0.319 e. The van der Waals surface area contributed by atoms with E-state index in [9.17, 15) is 87.7 Å². The molecule has 0 aliphatic heterocycles. The Morgan fingerprint density at radius 3 is 0.778 bits per heavy atom. The van der Waals surface area contributed by atoms with Gasteiger partial charge in [0.15, 0.2) is 62.3 Å². The maximum atomic E-state index is 12.7. The number of phenolic OH excluding ortho intramolecular Hbond substituents is 4. The van der Waals surface area contributed by atoms with E-state index in [2.05, 4.69) is 56.7 Å². The van der Waals surface area contributed by atoms with Crippen molar-refractivity contribution in [2.24, 2.45) is 5.73 Å². The molecule has 12 rings (SSSR count). The number of sulfone groups is 4. The molecule has 45 heteroatoms. The second-order valence-electron chi connectivity index (χ2n) is 27.6. The summed E-state index contributed by atoms with van der Waals surface area (Å²) in [5, 5.41) is 62.2. The van der Waals surface area contributed by atoms with Crippen LogP contribution in [0.25, 0.3) is 0 Å². The van der Waals surface area contributed by atoms with E-state index in [1.165, 1.54) is 69.9 Å². The van der Waals surface area contributed by atoms with Crippen molar-refractivity contribution in [1.82, 2.24) is 21.3 Å². The van der Waals surface area contributed by atoms with Crippen molar-refractivity contribution < 1.29 is 162 Å². The van der Waals surface area contributed by atoms with Gasteiger partial charge in [0.1, 0.15) is 42.6 Å². The largest absolute Gasteiger partial charge is 0.504 e. The fourth-order valence-corrected chi connectivity index (χ4v) is 21.4. The van der Waals surface area contributed by atoms with Crippen LogP contribution in [0.3, 0.4) is 0 Å². The van der Waals surface area contributed by atoms with Gasteiger partial charge < -0.3 is 115 Å². The molecule has 4 aliphatic rings. The third-order valence-corrected chi connectivity index (χ3v) is 28.5. The first-order valence-electron chi connectivity index (χ1n) is 37.4. The van der Waals surface area contributed by atoms with Crippen LogP contribution in [0.15, 0.2) is 135 Å². The van der Waals surface area contributed by atoms with E-state index in [4.69, 9.17) is 69.8 Å². The van der Waals surface area contributed by atoms with Gasteiger partial charge in [0.2, 0.25) is 0 Å². The first-order chi connectivity index (χ1) is 57.0. The number of phenols is 4. The van der Waals surface area contributed by atoms with E-state index in [1.807, 2.05) is 24.3 Å². The van der Waals surface area contributed by atoms with Crippen LogP contribution in [-0.2, 0) is 136 Å². The van der Waals surface area contributed by atoms with Crippen molar-refractivity contribution in [2.75, 3.05) is 72.2 Å². The molecule has 0 radical (unpaired) electrons. The Balaban J connectivity index is 0.000000427. The number of carbonyl (C=O) groups excluding carboxylic acids is 7. The minimum Gasteiger partial charge on any atom is -0.504 e. The van der Waals surface area contributed by atoms with E-state index >= 15 is 0 Å². The summed E-state index contributed by atoms with van der Waals surface area (Å²) in [6.07, 6.45) is 15.9. The number of furan rings is 4. The zero-order chi connectivity index (χ0) is 87.4. The number of anilines is 4. The van der Waals surface area contributed by atoms with Crippen LogP contribution in [0, 0.1) is 14.9 Å². The molecule has 0 bridgehead atoms. The Kier molecular flexibility index (Phi) is 44.7. The number of benzene rings is 4. The van der Waals surface area contributed by atoms with Gasteiger partial charge in [-0.05, 0) is 191 Å². The molecular weight excluding hydrogens is 2150 g/mol. The fourth-order valence-electron chi connectivity index (χ4n) is 13.6. The number of fused-ring (bicyclic) bond motifs is 4. The second-order valence-corrected chi connectivity index (χ2v) is 37.4. The van der Waals surface area contributed by atoms with Crippen molar-refractivity contribution in [2.45, 2.75) is 174 Å². The van der Waals surface area contributed by atoms with Gasteiger partial charge in [-0.2, -0.15) is 0 Å². The number of esters is 3. The van der Waals surface area contributed by atoms with Crippen LogP contribution in [0.2, 0.25) is 20.1 Å². The molecule has 8 amide bonds. The molecule has 2 unspecified atom stereocenters. The first-order valence-corrected chi connectivity index (χ1v) is 45.6. The van der Waals surface area contributed by atoms with Crippen LogP contribution in [0.1, 0.15) is 174 Å². The van der Waals surface area contributed by atoms with E-state index in [0.29, 0.717) is 42.3 Å². The third-order valence-electron chi connectivity index (χ3n) is 19.4. The van der Waals surface area contributed by atoms with Crippen molar-refractivity contribution >= 4 is 151 Å². The summed E-state index contributed by atoms with van der Waals surface area (Å²) in [6.45, 7) is -0.122. The molecule has 0 saturated heterocycles. The number of nitrogens with two attached hydrogens (primary N) is 1. The van der Waals surface area contributed by atoms with Gasteiger partial charge in [-0.15, -0.1) is 0 Å². The summed E-state index contributed by atoms with van der Waals surface area (Å²) in [6, 6.07) is 14.1. The topological polar surface area (TPSA) is 539 Å². The summed E-state index contributed by atoms with van der Waals surface area (Å²) in [5.74, 6) is -3.09. The van der Waals surface area contributed by atoms with E-state index in [-0.39, 0.29) is 190 Å². The van der Waals surface area contributed by atoms with E-state index < -0.39 is 141 Å². The number of amides is 8. The first kappa shape index (κ1) is 111. The Bertz CT molecular complexity index is 5150. The summed E-state index contributed by atoms with van der Waals surface area (Å²) in [5.41, 5.74) is 9.08. The molecule has 0 spiro atoms. The van der Waals surface area contributed by atoms with Crippen LogP contribution in [0.4, 0.5) is 41.9 Å². The molecule has 4 heterocycles. The number of ether oxygens (including phenoxy) is 3. The normalized spacial score (nSPS) is 15.2. The molecule has 126 heavy (non-hydrogen) atoms. The molecule has 0 saturated carbocycles. The molecule has 4 aromatic heterocycles. The van der Waals surface area contributed by atoms with Gasteiger partial charge in [0.25, 0.3) is 0 Å². The number of nitrogens with one attached hydrogen (secondary N) is 8. The molecule has 694 valence electrons. The number of hydrogen-bond donors (Lipinski definition) is 13. The van der Waals surface area contributed by atoms with Gasteiger partial charge in [0.05, 0.1) is 136 Å². The fraction of sp³-hybridized carbons (Fsp3) is 0.395. The number of carbonyl (C=O) groups is 7. The smallest absolute Gasteiger partial charge is 0.319 e. The molecule has 4 aromatic carbocycles. The standard InChI is InChI=1S/3C20H23ClN2O7S.C17H20ClN3O5S.2CH4.2CH3.2W/c3*1-29-16(24)6-3-11-31(27,28)19-13(21)7-8-14(17(19)25)22-20(26)23-15-5-2-4-12-9-10-30-18(12)15;18-11-4-5-12(14(22)16(11)27(24,25)9-7-19)20-17(23)21-13-3-1-2-10-6-8-26-15(10)13;;;;;;/h3*7-10,15,25H,2-6,11H2,1H3,(H2,22,23,26);4-6,8,13,22H,1-3,7,9,19H2,(H2,20,21,23);2*1H4;2*1H3;;/q;;;;;;2*-1;;/t2*15-;;;;;;;;/m10......../s1. The Hall–Kier alpha value is -9.01. The number of aryl methyl sites for hydroxylation is 4. The number of urea groups is 4. The average Bonchev–Trinajstić information content (AvgIpc) is 0.827. The monoisotopic (exact) mass is 2250 g/mol. The van der Waals surface area contributed by atoms with Gasteiger partial charge in [-0.1, -0.05) is 61.3 Å². The van der Waals surface area contributed by atoms with Crippen molar-refractivity contribution in [3.05, 3.63) is 178 Å². The van der Waals surface area contributed by atoms with Crippen LogP contribution in [0.5, 0.6) is 23.0 Å². The molecule has 35 nitrogen and oxygen atoms in total. The molecule has 0 fully saturated rings. The van der Waals surface area contributed by atoms with E-state index in [0.717, 1.165) is 80.0 Å². The zero-order valence-corrected chi connectivity index (χ0v) is 79.8. The quantitative estimate of drug-likeness (QED) is 0.0104. The van der Waals surface area contributed by atoms with Crippen molar-refractivity contribution in [3.8, 4) is 23.0 Å². The average molecular weight is 2260 g/mol. The van der Waals surface area contributed by atoms with E-state index in [1.54, 1.807) is 25.1 Å². The van der Waals surface area contributed by atoms with Gasteiger partial charge in [-0.3, -0.25) is 14.4 Å². The number of hydrogen-bond acceptors (Lipinski definition) is 27. The molecule has 4 aliphatic carbocycles. The Morgan fingerprint density at radius 2 is 0.579 bits per heavy atom. The SMILES string of the molecule is C.C.COC(=O)CCCS(=O)(=O)c1c(Cl)ccc(NC(=O)NC2CCCc3ccoc32)c1O.COC(=O)CCCS(=O)(=O)c1c(Cl)ccc(NC(=O)N[C@@H]2CCCc3ccoc32)c1O.COC(=O)CCCS(=O)(=O)c1c(Cl)ccc(NC(=O)N[C@H]2CCCc3ccoc32)c1O.NCCS(=O)(=O)c1c(Cl)ccc(NC(=O)NC2CCCc3ccoc32)c1O.[CH3-].[CH3-].[W].[W]. The van der Waals surface area contributed by atoms with Crippen molar-refractivity contribution in [3.63, 3.8) is 0 Å². The molecule has 4 atom stereocenters. The van der Waals surface area contributed by atoms with Gasteiger partial charge >= 0.3 is 42.0 Å². The Labute approximate surface area is 780 Å². The number of rotatable bonds is 26. The minimum atomic E-state index is -4.02. The van der Waals surface area contributed by atoms with Crippen LogP contribution < -0.4 is 48.3 Å². The minimum absolute atomic E-state index is 0. The summed E-state index contributed by atoms with van der Waals surface area (Å²) in [7, 11) is -12.3. The van der Waals surface area contributed by atoms with Crippen molar-refractivity contribution in [1.29, 1.82) is 0 Å².